The van der Waals surface area contributed by atoms with Crippen LogP contribution in [0.2, 0.25) is 0 Å². The molecule has 0 bridgehead atoms. The van der Waals surface area contributed by atoms with E-state index in [0.29, 0.717) is 49.5 Å². The number of hydrogen-bond donors (Lipinski definition) is 2. The van der Waals surface area contributed by atoms with Gasteiger partial charge in [-0.15, -0.1) is 0 Å². The summed E-state index contributed by atoms with van der Waals surface area (Å²) in [5, 5.41) is 0. The Morgan fingerprint density at radius 1 is 0.818 bits per heavy atom. The highest BCUT2D eigenvalue weighted by atomic mass is 16.1. The first-order valence-corrected chi connectivity index (χ1v) is 7.17. The number of rotatable bonds is 2. The Labute approximate surface area is 126 Å². The van der Waals surface area contributed by atoms with Gasteiger partial charge in [0, 0.05) is 49.7 Å². The van der Waals surface area contributed by atoms with E-state index in [4.69, 9.17) is 0 Å². The Hall–Kier alpha value is -2.64. The number of hydrogen-bond acceptors (Lipinski definition) is 6. The Bertz CT molecular complexity index is 721. The van der Waals surface area contributed by atoms with Crippen LogP contribution in [-0.4, -0.2) is 46.1 Å². The summed E-state index contributed by atoms with van der Waals surface area (Å²) in [4.78, 5) is 41.4. The van der Waals surface area contributed by atoms with E-state index in [-0.39, 0.29) is 11.1 Å². The standard InChI is InChI=1S/C14H18N6O2/c1-9-7-11(21)17-13(15-9)19-3-5-20(6-4-19)14-16-10(2)8-12(22)18-14/h7-8H,3-6H2,1-2H3,(H,15,17,21)(H,16,18,22). The van der Waals surface area contributed by atoms with Crippen LogP contribution in [0.4, 0.5) is 11.9 Å². The maximum Gasteiger partial charge on any atom is 0.252 e. The van der Waals surface area contributed by atoms with Crippen molar-refractivity contribution in [1.29, 1.82) is 0 Å². The van der Waals surface area contributed by atoms with Gasteiger partial charge in [0.05, 0.1) is 0 Å². The minimum absolute atomic E-state index is 0.144. The normalized spacial score (nSPS) is 15.2. The van der Waals surface area contributed by atoms with Crippen LogP contribution < -0.4 is 20.9 Å². The van der Waals surface area contributed by atoms with E-state index in [1.165, 1.54) is 12.1 Å². The van der Waals surface area contributed by atoms with Gasteiger partial charge in [-0.3, -0.25) is 19.6 Å². The van der Waals surface area contributed by atoms with Crippen LogP contribution in [0, 0.1) is 13.8 Å². The van der Waals surface area contributed by atoms with Crippen LogP contribution in [0.15, 0.2) is 21.7 Å². The second kappa shape index (κ2) is 5.63. The van der Waals surface area contributed by atoms with Gasteiger partial charge in [0.2, 0.25) is 11.9 Å². The first kappa shape index (κ1) is 14.3. The lowest BCUT2D eigenvalue weighted by Crippen LogP contribution is -2.48. The van der Waals surface area contributed by atoms with E-state index in [2.05, 4.69) is 19.9 Å². The molecule has 0 unspecified atom stereocenters. The smallest absolute Gasteiger partial charge is 0.252 e. The van der Waals surface area contributed by atoms with Gasteiger partial charge in [0.15, 0.2) is 0 Å². The van der Waals surface area contributed by atoms with Gasteiger partial charge in [-0.25, -0.2) is 9.97 Å². The molecule has 8 nitrogen and oxygen atoms in total. The Morgan fingerprint density at radius 3 is 1.50 bits per heavy atom. The average Bonchev–Trinajstić information content (AvgIpc) is 2.45. The molecule has 0 aliphatic carbocycles. The zero-order valence-corrected chi connectivity index (χ0v) is 12.6. The molecule has 1 fully saturated rings. The molecule has 116 valence electrons. The topological polar surface area (TPSA) is 98.0 Å². The average molecular weight is 302 g/mol. The number of nitrogens with zero attached hydrogens (tertiary/aromatic N) is 4. The SMILES string of the molecule is Cc1cc(=O)[nH]c(N2CCN(c3nc(C)cc(=O)[nH]3)CC2)n1. The van der Waals surface area contributed by atoms with E-state index in [1.807, 2.05) is 9.80 Å². The van der Waals surface area contributed by atoms with Crippen molar-refractivity contribution < 1.29 is 0 Å². The van der Waals surface area contributed by atoms with Crippen LogP contribution >= 0.6 is 0 Å². The van der Waals surface area contributed by atoms with Crippen molar-refractivity contribution in [1.82, 2.24) is 19.9 Å². The highest BCUT2D eigenvalue weighted by molar-refractivity contribution is 5.37. The molecule has 2 aromatic rings. The molecule has 2 N–H and O–H groups in total. The molecule has 3 heterocycles. The van der Waals surface area contributed by atoms with Gasteiger partial charge in [-0.05, 0) is 13.8 Å². The first-order valence-electron chi connectivity index (χ1n) is 7.17. The molecule has 0 aromatic carbocycles. The summed E-state index contributed by atoms with van der Waals surface area (Å²) in [6.07, 6.45) is 0. The highest BCUT2D eigenvalue weighted by Crippen LogP contribution is 2.13. The van der Waals surface area contributed by atoms with Crippen LogP contribution in [0.25, 0.3) is 0 Å². The van der Waals surface area contributed by atoms with Gasteiger partial charge in [0.25, 0.3) is 11.1 Å². The molecule has 1 saturated heterocycles. The minimum atomic E-state index is -0.144. The van der Waals surface area contributed by atoms with Crippen molar-refractivity contribution in [2.24, 2.45) is 0 Å². The fourth-order valence-corrected chi connectivity index (χ4v) is 2.56. The van der Waals surface area contributed by atoms with Crippen LogP contribution in [0.1, 0.15) is 11.4 Å². The first-order chi connectivity index (χ1) is 10.5. The summed E-state index contributed by atoms with van der Waals surface area (Å²) in [6, 6.07) is 2.95. The van der Waals surface area contributed by atoms with Gasteiger partial charge in [-0.1, -0.05) is 0 Å². The maximum atomic E-state index is 11.5. The van der Waals surface area contributed by atoms with Gasteiger partial charge in [0.1, 0.15) is 0 Å². The van der Waals surface area contributed by atoms with Gasteiger partial charge >= 0.3 is 0 Å². The summed E-state index contributed by atoms with van der Waals surface area (Å²) in [6.45, 7) is 6.40. The lowest BCUT2D eigenvalue weighted by molar-refractivity contribution is 0.624. The number of H-pyrrole nitrogens is 2. The molecule has 1 aliphatic heterocycles. The predicted molar refractivity (Wildman–Crippen MR) is 83.6 cm³/mol. The van der Waals surface area contributed by atoms with Crippen LogP contribution in [0.3, 0.4) is 0 Å². The molecule has 2 aromatic heterocycles. The zero-order chi connectivity index (χ0) is 15.7. The van der Waals surface area contributed by atoms with Gasteiger partial charge in [-0.2, -0.15) is 0 Å². The Morgan fingerprint density at radius 2 is 1.18 bits per heavy atom. The van der Waals surface area contributed by atoms with E-state index in [0.717, 1.165) is 0 Å². The Kier molecular flexibility index (Phi) is 3.66. The third-order valence-electron chi connectivity index (χ3n) is 3.59. The van der Waals surface area contributed by atoms with Crippen LogP contribution in [0.5, 0.6) is 0 Å². The van der Waals surface area contributed by atoms with E-state index in [1.54, 1.807) is 13.8 Å². The fraction of sp³-hybridized carbons (Fsp3) is 0.429. The number of aromatic amines is 2. The molecule has 0 atom stereocenters. The molecule has 0 radical (unpaired) electrons. The molecular weight excluding hydrogens is 284 g/mol. The minimum Gasteiger partial charge on any atom is -0.339 e. The fourth-order valence-electron chi connectivity index (χ4n) is 2.56. The van der Waals surface area contributed by atoms with E-state index in [9.17, 15) is 9.59 Å². The summed E-state index contributed by atoms with van der Waals surface area (Å²) in [5.74, 6) is 1.19. The largest absolute Gasteiger partial charge is 0.339 e. The number of anilines is 2. The quantitative estimate of drug-likeness (QED) is 0.797. The van der Waals surface area contributed by atoms with Crippen molar-refractivity contribution >= 4 is 11.9 Å². The van der Waals surface area contributed by atoms with E-state index < -0.39 is 0 Å². The molecule has 3 rings (SSSR count). The summed E-state index contributed by atoms with van der Waals surface area (Å²) < 4.78 is 0. The highest BCUT2D eigenvalue weighted by Gasteiger charge is 2.20. The zero-order valence-electron chi connectivity index (χ0n) is 12.6. The third-order valence-corrected chi connectivity index (χ3v) is 3.59. The van der Waals surface area contributed by atoms with Crippen molar-refractivity contribution in [3.63, 3.8) is 0 Å². The summed E-state index contributed by atoms with van der Waals surface area (Å²) in [5.41, 5.74) is 1.11. The van der Waals surface area contributed by atoms with Crippen LogP contribution in [-0.2, 0) is 0 Å². The maximum absolute atomic E-state index is 11.5. The second-order valence-electron chi connectivity index (χ2n) is 5.39. The second-order valence-corrected chi connectivity index (χ2v) is 5.39. The van der Waals surface area contributed by atoms with Crippen molar-refractivity contribution in [3.05, 3.63) is 44.2 Å². The van der Waals surface area contributed by atoms with Crippen molar-refractivity contribution in [2.45, 2.75) is 13.8 Å². The van der Waals surface area contributed by atoms with E-state index >= 15 is 0 Å². The van der Waals surface area contributed by atoms with Gasteiger partial charge < -0.3 is 9.80 Å². The molecule has 8 heteroatoms. The molecular formula is C14H18N6O2. The Balaban J connectivity index is 1.74. The lowest BCUT2D eigenvalue weighted by Gasteiger charge is -2.35. The molecule has 0 saturated carbocycles. The number of piperazine rings is 1. The molecule has 0 amide bonds. The molecule has 22 heavy (non-hydrogen) atoms. The number of aryl methyl sites for hydroxylation is 2. The third kappa shape index (κ3) is 3.00. The molecule has 0 spiro atoms. The summed E-state index contributed by atoms with van der Waals surface area (Å²) in [7, 11) is 0. The number of aromatic nitrogens is 4. The predicted octanol–water partition coefficient (Wildman–Crippen LogP) is -0.203. The molecule has 1 aliphatic rings. The monoisotopic (exact) mass is 302 g/mol. The van der Waals surface area contributed by atoms with Crippen molar-refractivity contribution in [2.75, 3.05) is 36.0 Å². The summed E-state index contributed by atoms with van der Waals surface area (Å²) >= 11 is 0. The van der Waals surface area contributed by atoms with Crippen molar-refractivity contribution in [3.8, 4) is 0 Å². The number of nitrogens with one attached hydrogen (secondary N) is 2. The lowest BCUT2D eigenvalue weighted by atomic mass is 10.3.